The Bertz CT molecular complexity index is 3550. The molecule has 1 unspecified atom stereocenters. The van der Waals surface area contributed by atoms with Gasteiger partial charge in [0.25, 0.3) is 0 Å². The van der Waals surface area contributed by atoms with Crippen molar-refractivity contribution in [3.63, 3.8) is 0 Å². The van der Waals surface area contributed by atoms with Gasteiger partial charge in [0.2, 0.25) is 0 Å². The van der Waals surface area contributed by atoms with Crippen molar-refractivity contribution in [2.75, 3.05) is 54.4 Å². The van der Waals surface area contributed by atoms with Gasteiger partial charge in [-0.05, 0) is 368 Å². The molecule has 1 heterocycles. The Hall–Kier alpha value is 0.884. The molecule has 1 aliphatic heterocycles. The van der Waals surface area contributed by atoms with Gasteiger partial charge in [0.15, 0.2) is 11.9 Å². The van der Waals surface area contributed by atoms with E-state index in [0.717, 1.165) is 170 Å². The van der Waals surface area contributed by atoms with Gasteiger partial charge in [-0.1, -0.05) is 165 Å². The molecule has 19 heteroatoms. The number of ketones is 2. The van der Waals surface area contributed by atoms with E-state index in [-0.39, 0.29) is 130 Å². The topological polar surface area (TPSA) is 244 Å². The van der Waals surface area contributed by atoms with E-state index in [9.17, 15) is 53.4 Å². The Morgan fingerprint density at radius 3 is 1.23 bits per heavy atom. The van der Waals surface area contributed by atoms with Gasteiger partial charge in [0.1, 0.15) is 5.78 Å². The number of allylic oxidation sites excluding steroid dienone is 5. The quantitative estimate of drug-likeness (QED) is 0.0441. The molecule has 13 fully saturated rings. The third-order valence-electron chi connectivity index (χ3n) is 38.4. The average molecular weight is 1800 g/mol. The maximum absolute atomic E-state index is 13.2. The van der Waals surface area contributed by atoms with Gasteiger partial charge in [0.05, 0.1) is 30.0 Å². The molecule has 0 amide bonds. The Balaban J connectivity index is 0.000000278. The van der Waals surface area contributed by atoms with Gasteiger partial charge in [-0.25, -0.2) is 0 Å². The summed E-state index contributed by atoms with van der Waals surface area (Å²) in [5.74, 6) is 12.4. The predicted molar refractivity (Wildman–Crippen MR) is 489 cm³/mol. The second kappa shape index (κ2) is 46.8. The van der Waals surface area contributed by atoms with Crippen LogP contribution in [0.5, 0.6) is 0 Å². The molecule has 7 N–H and O–H groups in total. The maximum atomic E-state index is 13.2. The normalized spacial score (nSPS) is 42.5. The molecule has 0 radical (unpaired) electrons. The van der Waals surface area contributed by atoms with Crippen molar-refractivity contribution >= 4 is 11.6 Å². The number of carbonyl (C=O) groups excluding carboxylic acids is 2. The first-order valence-electron chi connectivity index (χ1n) is 49.3. The summed E-state index contributed by atoms with van der Waals surface area (Å²) in [4.78, 5) is 23.8. The molecule has 126 heavy (non-hydrogen) atoms. The Morgan fingerprint density at radius 1 is 0.524 bits per heavy atom. The van der Waals surface area contributed by atoms with Gasteiger partial charge in [-0.15, -0.1) is 5.60 Å². The molecule has 0 aromatic rings. The summed E-state index contributed by atoms with van der Waals surface area (Å²) in [7, 11) is 3.38. The predicted octanol–water partition coefficient (Wildman–Crippen LogP) is 12.8. The minimum absolute atomic E-state index is 0. The summed E-state index contributed by atoms with van der Waals surface area (Å²) < 4.78 is 50.8. The summed E-state index contributed by atoms with van der Waals surface area (Å²) in [6.07, 6.45) is 41.4. The molecule has 1 spiro atoms. The van der Waals surface area contributed by atoms with Crippen molar-refractivity contribution in [2.24, 2.45) is 162 Å². The summed E-state index contributed by atoms with van der Waals surface area (Å²) in [5, 5.41) is 84.0. The fourth-order valence-electron chi connectivity index (χ4n) is 31.9. The Kier molecular flexibility index (Phi) is 43.6. The molecule has 1 saturated heterocycles. The van der Waals surface area contributed by atoms with Gasteiger partial charge >= 0.3 is 106 Å². The fraction of sp³-hybridized carbons (Fsp3) is 0.897. The molecule has 13 nitrogen and oxygen atoms in total. The van der Waals surface area contributed by atoms with E-state index in [2.05, 4.69) is 108 Å². The number of rotatable bonds is 11. The molecule has 31 atom stereocenters. The van der Waals surface area contributed by atoms with Crippen LogP contribution in [0.4, 0.5) is 13.2 Å². The second-order valence-electron chi connectivity index (χ2n) is 47.3. The van der Waals surface area contributed by atoms with E-state index < -0.39 is 35.0 Å². The standard InChI is InChI=1S/C25H39F3O3.C23H36O2.2C22H34O2.C4H10O.C4H9O.C4H9.CH4O.CH3O.CH4.K.Li.Na/c1-15(21(29)25(26,27)28)18-7-8-19-17-6-5-16-13-24(30,14-31-4)12-11-22(16,2)20(17)9-10-23(18,19)3;1-15(13-24)18-6-7-19-17-5-4-16-12-23(14-25-23)11-10-21(16,2)20(17)8-9-22(18,19)3;2*1-14(13-23)18-6-7-19-17-5-4-15-12-16(24)8-10-21(15,2)20(17)9-11-22(18,19)3;2*1-4(2,3)5;1-3-4-2;2*1-2;;;;/h5,15,17-21,29-30H,6-14H2,1-4H3;4,15,17-20,24H,5-14H2,1-3H3;12,14,17-20,23H,4-11,13H2,1-3H3;4,14,17-20,23H,5-13H2,1-3H3;5H,1-3H3;1-3H3;1,3-4H2,2H3;2H,1H3;1H3;1H4;;;/q;;;;;2*-1;;-1;;3*+1/t15-,17-,18+,19-,20-,21-,22-,23+,24-;15-,17+,18-,19+,20+,21+,22-,23?;2*14-,17+,18-,19+,20+,21+,22-;;;;;;;;;/m0111........./s1. The van der Waals surface area contributed by atoms with Crippen LogP contribution in [0, 0.1) is 169 Å². The third kappa shape index (κ3) is 24.6. The number of carbonyl (C=O) groups is 2. The van der Waals surface area contributed by atoms with Crippen LogP contribution in [0.3, 0.4) is 0 Å². The zero-order chi connectivity index (χ0) is 90.9. The van der Waals surface area contributed by atoms with Crippen molar-refractivity contribution in [3.05, 3.63) is 53.5 Å². The maximum Gasteiger partial charge on any atom is 1.00 e. The first-order valence-corrected chi connectivity index (χ1v) is 49.3. The summed E-state index contributed by atoms with van der Waals surface area (Å²) in [6.45, 7) is 46.4. The zero-order valence-corrected chi connectivity index (χ0v) is 89.1. The van der Waals surface area contributed by atoms with Crippen LogP contribution in [-0.4, -0.2) is 136 Å². The number of epoxide rings is 1. The van der Waals surface area contributed by atoms with Crippen LogP contribution < -0.4 is 110 Å². The average Bonchev–Trinajstić information content (AvgIpc) is 1.54. The number of Topliss-reactive ketones (excluding diaryl/α,β-unsaturated/α-hetero) is 1. The van der Waals surface area contributed by atoms with Crippen molar-refractivity contribution in [2.45, 2.75) is 392 Å². The Morgan fingerprint density at radius 2 is 0.857 bits per heavy atom. The molecular formula is C107H182F3KLiNaO13. The van der Waals surface area contributed by atoms with Gasteiger partial charge < -0.3 is 62.4 Å². The fourth-order valence-corrected chi connectivity index (χ4v) is 31.9. The first kappa shape index (κ1) is 117. The van der Waals surface area contributed by atoms with Crippen molar-refractivity contribution in [3.8, 4) is 0 Å². The van der Waals surface area contributed by atoms with Gasteiger partial charge in [0, 0.05) is 59.7 Å². The smallest absolute Gasteiger partial charge is 0.857 e. The summed E-state index contributed by atoms with van der Waals surface area (Å²) in [6, 6.07) is 0. The number of methoxy groups -OCH3 is 1. The van der Waals surface area contributed by atoms with Gasteiger partial charge in [-0.2, -0.15) is 26.7 Å². The van der Waals surface area contributed by atoms with Crippen molar-refractivity contribution in [1.82, 2.24) is 0 Å². The largest absolute Gasteiger partial charge is 1.00 e. The molecular weight excluding hydrogens is 1620 g/mol. The first-order chi connectivity index (χ1) is 57.0. The zero-order valence-electron chi connectivity index (χ0n) is 83.9. The van der Waals surface area contributed by atoms with Crippen LogP contribution in [-0.2, 0) is 19.1 Å². The Labute approximate surface area is 842 Å². The molecule has 0 bridgehead atoms. The number of aliphatic hydroxyl groups is 7. The summed E-state index contributed by atoms with van der Waals surface area (Å²) >= 11 is 0. The van der Waals surface area contributed by atoms with Crippen LogP contribution >= 0.6 is 0 Å². The number of alkyl halides is 3. The SMILES string of the molecule is C.CC(C)(C)O.CC(C)(C)[O-].CO.COC[C@]1(O)CC[C@@]2(C)C(=CC[C@H]3[C@@H]4CC[C@H]([C@H](C)[C@H](O)C(F)(F)F)[C@@]4(C)CC[C@@H]32)C1.C[C@H](CO)[C@H]1CC[C@H]2[C@@H]3CC=C4CC(=O)CC[C@]4(C)[C@H]3CC[C@]12C.C[C@H](CO)[C@H]1CC[C@H]2[C@@H]3CC=C4CC5(CC[C@]4(C)[C@H]3CC[C@]12C)CO5.C[C@H](CO)[C@H]1CC[C@H]2[C@@H]3CCC4=CC(=O)CC[C@]4(C)[C@H]3CC[C@]12C.C[O-].[CH2-]CCC.[K+].[Li+].[Na+]. The van der Waals surface area contributed by atoms with E-state index >= 15 is 0 Å². The number of fused-ring (bicyclic) bond motifs is 20. The van der Waals surface area contributed by atoms with Crippen molar-refractivity contribution in [1.29, 1.82) is 0 Å². The number of aliphatic hydroxyl groups excluding tert-OH is 5. The molecule has 17 aliphatic rings. The molecule has 12 saturated carbocycles. The molecule has 712 valence electrons. The van der Waals surface area contributed by atoms with Crippen molar-refractivity contribution < 1.29 is 178 Å². The molecule has 17 rings (SSSR count). The third-order valence-corrected chi connectivity index (χ3v) is 38.4. The number of hydrogen-bond donors (Lipinski definition) is 7. The molecule has 16 aliphatic carbocycles. The monoisotopic (exact) mass is 1800 g/mol. The molecule has 0 aromatic heterocycles. The summed E-state index contributed by atoms with van der Waals surface area (Å²) in [5.41, 5.74) is 6.58. The van der Waals surface area contributed by atoms with E-state index in [1.807, 2.05) is 6.08 Å². The van der Waals surface area contributed by atoms with E-state index in [4.69, 9.17) is 24.8 Å². The number of unbranched alkanes of at least 4 members (excludes halogenated alkanes) is 1. The van der Waals surface area contributed by atoms with Crippen LogP contribution in [0.2, 0.25) is 0 Å². The second-order valence-corrected chi connectivity index (χ2v) is 47.3. The molecule has 0 aromatic carbocycles. The van der Waals surface area contributed by atoms with E-state index in [0.29, 0.717) is 124 Å². The van der Waals surface area contributed by atoms with Crippen LogP contribution in [0.1, 0.15) is 357 Å². The number of hydrogen-bond acceptors (Lipinski definition) is 13. The van der Waals surface area contributed by atoms with E-state index in [1.165, 1.54) is 139 Å². The number of ether oxygens (including phenoxy) is 2. The minimum Gasteiger partial charge on any atom is -0.857 e. The van der Waals surface area contributed by atoms with Gasteiger partial charge in [-0.3, -0.25) is 9.59 Å². The number of halogens is 3. The van der Waals surface area contributed by atoms with E-state index in [1.54, 1.807) is 61.1 Å². The van der Waals surface area contributed by atoms with Crippen LogP contribution in [0.15, 0.2) is 46.6 Å². The minimum atomic E-state index is -4.55. The van der Waals surface area contributed by atoms with Crippen LogP contribution in [0.25, 0.3) is 0 Å².